The molecular formula is C21H18N2O7S. The predicted octanol–water partition coefficient (Wildman–Crippen LogP) is 3.16. The van der Waals surface area contributed by atoms with Gasteiger partial charge in [0.1, 0.15) is 17.1 Å². The van der Waals surface area contributed by atoms with E-state index in [2.05, 4.69) is 5.32 Å². The van der Waals surface area contributed by atoms with Crippen molar-refractivity contribution in [2.24, 2.45) is 0 Å². The number of methoxy groups -OCH3 is 1. The molecule has 0 atom stereocenters. The van der Waals surface area contributed by atoms with Crippen LogP contribution in [0.5, 0.6) is 11.5 Å². The molecular weight excluding hydrogens is 424 g/mol. The Bertz CT molecular complexity index is 1100. The lowest BCUT2D eigenvalue weighted by Gasteiger charge is -2.12. The zero-order valence-electron chi connectivity index (χ0n) is 16.3. The second kappa shape index (κ2) is 9.35. The van der Waals surface area contributed by atoms with Crippen molar-refractivity contribution in [3.63, 3.8) is 0 Å². The van der Waals surface area contributed by atoms with Gasteiger partial charge < -0.3 is 20.3 Å². The van der Waals surface area contributed by atoms with Crippen LogP contribution in [0.3, 0.4) is 0 Å². The molecule has 0 unspecified atom stereocenters. The number of para-hydroxylation sites is 1. The van der Waals surface area contributed by atoms with Crippen molar-refractivity contribution in [1.29, 1.82) is 0 Å². The number of ether oxygens (including phenoxy) is 1. The lowest BCUT2D eigenvalue weighted by molar-refractivity contribution is -0.123. The number of rotatable bonds is 7. The third kappa shape index (κ3) is 5.04. The van der Waals surface area contributed by atoms with E-state index in [0.29, 0.717) is 11.3 Å². The maximum Gasteiger partial charge on any atom is 0.339 e. The lowest BCUT2D eigenvalue weighted by Crippen LogP contribution is -2.31. The monoisotopic (exact) mass is 442 g/mol. The number of benzene rings is 2. The standard InChI is InChI=1S/C21H18N2O7S/c1-30-16-5-3-2-4-12(16)10-17-19(26)23(21(29)31-17)9-8-18(25)22-13-6-7-14(20(27)28)15(24)11-13/h2-7,10-11,24H,8-9H2,1H3,(H,22,25)(H,27,28)/b17-10-. The number of carboxylic acid groups (broad SMARTS) is 1. The van der Waals surface area contributed by atoms with Crippen molar-refractivity contribution in [3.8, 4) is 11.5 Å². The SMILES string of the molecule is COc1ccccc1/C=C1\SC(=O)N(CCC(=O)Nc2ccc(C(=O)O)c(O)c2)C1=O. The number of carboxylic acids is 1. The Morgan fingerprint density at radius 2 is 1.94 bits per heavy atom. The summed E-state index contributed by atoms with van der Waals surface area (Å²) in [6.07, 6.45) is 1.40. The number of carbonyl (C=O) groups is 4. The fraction of sp³-hybridized carbons (Fsp3) is 0.143. The van der Waals surface area contributed by atoms with Gasteiger partial charge in [0.05, 0.1) is 12.0 Å². The molecule has 1 fully saturated rings. The van der Waals surface area contributed by atoms with Crippen molar-refractivity contribution in [2.75, 3.05) is 19.0 Å². The van der Waals surface area contributed by atoms with Crippen LogP contribution in [0.1, 0.15) is 22.3 Å². The molecule has 2 aromatic carbocycles. The Morgan fingerprint density at radius 1 is 1.19 bits per heavy atom. The van der Waals surface area contributed by atoms with Gasteiger partial charge in [-0.2, -0.15) is 0 Å². The number of nitrogens with zero attached hydrogens (tertiary/aromatic N) is 1. The van der Waals surface area contributed by atoms with E-state index < -0.39 is 28.8 Å². The van der Waals surface area contributed by atoms with Crippen LogP contribution in [-0.4, -0.2) is 51.8 Å². The summed E-state index contributed by atoms with van der Waals surface area (Å²) in [7, 11) is 1.51. The van der Waals surface area contributed by atoms with E-state index in [1.165, 1.54) is 13.2 Å². The molecule has 1 saturated heterocycles. The summed E-state index contributed by atoms with van der Waals surface area (Å²) < 4.78 is 5.24. The van der Waals surface area contributed by atoms with E-state index in [9.17, 15) is 24.3 Å². The van der Waals surface area contributed by atoms with Crippen molar-refractivity contribution in [2.45, 2.75) is 6.42 Å². The molecule has 2 aromatic rings. The summed E-state index contributed by atoms with van der Waals surface area (Å²) >= 11 is 0.780. The first-order valence-electron chi connectivity index (χ1n) is 9.04. The molecule has 3 N–H and O–H groups in total. The normalized spacial score (nSPS) is 14.7. The largest absolute Gasteiger partial charge is 0.507 e. The van der Waals surface area contributed by atoms with E-state index in [0.717, 1.165) is 28.8 Å². The summed E-state index contributed by atoms with van der Waals surface area (Å²) in [6, 6.07) is 10.7. The van der Waals surface area contributed by atoms with Crippen molar-refractivity contribution >= 4 is 46.5 Å². The Labute approximate surface area is 181 Å². The Kier molecular flexibility index (Phi) is 6.61. The Hall–Kier alpha value is -3.79. The highest BCUT2D eigenvalue weighted by atomic mass is 32.2. The summed E-state index contributed by atoms with van der Waals surface area (Å²) in [5.74, 6) is -2.23. The average molecular weight is 442 g/mol. The zero-order chi connectivity index (χ0) is 22.5. The summed E-state index contributed by atoms with van der Waals surface area (Å²) in [5.41, 5.74) is 0.549. The van der Waals surface area contributed by atoms with Crippen LogP contribution in [0.4, 0.5) is 10.5 Å². The molecule has 9 nitrogen and oxygen atoms in total. The highest BCUT2D eigenvalue weighted by molar-refractivity contribution is 8.18. The molecule has 31 heavy (non-hydrogen) atoms. The van der Waals surface area contributed by atoms with Crippen LogP contribution in [0.25, 0.3) is 6.08 Å². The molecule has 1 aliphatic heterocycles. The Balaban J connectivity index is 1.63. The number of carbonyl (C=O) groups excluding carboxylic acids is 3. The van der Waals surface area contributed by atoms with Gasteiger partial charge in [-0.05, 0) is 36.0 Å². The fourth-order valence-corrected chi connectivity index (χ4v) is 3.70. The number of aromatic carboxylic acids is 1. The quantitative estimate of drug-likeness (QED) is 0.557. The molecule has 0 saturated carbocycles. The summed E-state index contributed by atoms with van der Waals surface area (Å²) in [6.45, 7) is -0.126. The maximum atomic E-state index is 12.6. The molecule has 160 valence electrons. The number of hydrogen-bond acceptors (Lipinski definition) is 7. The predicted molar refractivity (Wildman–Crippen MR) is 114 cm³/mol. The van der Waals surface area contributed by atoms with Gasteiger partial charge in [-0.15, -0.1) is 0 Å². The van der Waals surface area contributed by atoms with Crippen LogP contribution >= 0.6 is 11.8 Å². The first-order chi connectivity index (χ1) is 14.8. The Morgan fingerprint density at radius 3 is 2.61 bits per heavy atom. The summed E-state index contributed by atoms with van der Waals surface area (Å²) in [5, 5.41) is 20.6. The number of aromatic hydroxyl groups is 1. The third-order valence-electron chi connectivity index (χ3n) is 4.37. The number of hydrogen-bond donors (Lipinski definition) is 3. The molecule has 3 rings (SSSR count). The third-order valence-corrected chi connectivity index (χ3v) is 5.28. The number of phenols is 1. The van der Waals surface area contributed by atoms with Crippen molar-refractivity contribution < 1.29 is 34.1 Å². The smallest absolute Gasteiger partial charge is 0.339 e. The highest BCUT2D eigenvalue weighted by Gasteiger charge is 2.35. The van der Waals surface area contributed by atoms with Gasteiger partial charge in [0.2, 0.25) is 5.91 Å². The number of imide groups is 1. The zero-order valence-corrected chi connectivity index (χ0v) is 17.1. The number of amides is 3. The van der Waals surface area contributed by atoms with Gasteiger partial charge >= 0.3 is 5.97 Å². The topological polar surface area (TPSA) is 133 Å². The second-order valence-electron chi connectivity index (χ2n) is 6.41. The van der Waals surface area contributed by atoms with E-state index in [1.807, 2.05) is 0 Å². The molecule has 1 heterocycles. The van der Waals surface area contributed by atoms with Gasteiger partial charge in [0, 0.05) is 30.3 Å². The highest BCUT2D eigenvalue weighted by Crippen LogP contribution is 2.34. The van der Waals surface area contributed by atoms with E-state index in [4.69, 9.17) is 9.84 Å². The lowest BCUT2D eigenvalue weighted by atomic mass is 10.2. The number of thioether (sulfide) groups is 1. The average Bonchev–Trinajstić information content (AvgIpc) is 2.99. The summed E-state index contributed by atoms with van der Waals surface area (Å²) in [4.78, 5) is 49.1. The van der Waals surface area contributed by atoms with E-state index in [1.54, 1.807) is 30.3 Å². The van der Waals surface area contributed by atoms with Crippen LogP contribution in [0, 0.1) is 0 Å². The minimum atomic E-state index is -1.30. The maximum absolute atomic E-state index is 12.6. The van der Waals surface area contributed by atoms with Crippen molar-refractivity contribution in [1.82, 2.24) is 4.90 Å². The molecule has 0 radical (unpaired) electrons. The molecule has 0 spiro atoms. The number of anilines is 1. The molecule has 3 amide bonds. The van der Waals surface area contributed by atoms with Crippen LogP contribution < -0.4 is 10.1 Å². The van der Waals surface area contributed by atoms with E-state index >= 15 is 0 Å². The van der Waals surface area contributed by atoms with Crippen molar-refractivity contribution in [3.05, 3.63) is 58.5 Å². The molecule has 1 aliphatic rings. The van der Waals surface area contributed by atoms with Gasteiger partial charge in [-0.3, -0.25) is 19.3 Å². The van der Waals surface area contributed by atoms with Gasteiger partial charge in [-0.1, -0.05) is 18.2 Å². The second-order valence-corrected chi connectivity index (χ2v) is 7.40. The molecule has 10 heteroatoms. The van der Waals surface area contributed by atoms with E-state index in [-0.39, 0.29) is 29.1 Å². The van der Waals surface area contributed by atoms with Crippen LogP contribution in [-0.2, 0) is 9.59 Å². The first kappa shape index (κ1) is 21.9. The van der Waals surface area contributed by atoms with Gasteiger partial charge in [0.15, 0.2) is 0 Å². The molecule has 0 aromatic heterocycles. The minimum Gasteiger partial charge on any atom is -0.507 e. The molecule has 0 aliphatic carbocycles. The number of nitrogens with one attached hydrogen (secondary N) is 1. The van der Waals surface area contributed by atoms with Gasteiger partial charge in [-0.25, -0.2) is 4.79 Å². The first-order valence-corrected chi connectivity index (χ1v) is 9.86. The fourth-order valence-electron chi connectivity index (χ4n) is 2.85. The van der Waals surface area contributed by atoms with Gasteiger partial charge in [0.25, 0.3) is 11.1 Å². The molecule has 0 bridgehead atoms. The van der Waals surface area contributed by atoms with Crippen LogP contribution in [0.2, 0.25) is 0 Å². The van der Waals surface area contributed by atoms with Crippen LogP contribution in [0.15, 0.2) is 47.4 Å². The minimum absolute atomic E-state index is 0.126.